The first-order chi connectivity index (χ1) is 7.74. The quantitative estimate of drug-likeness (QED) is 0.840. The van der Waals surface area contributed by atoms with Crippen molar-refractivity contribution in [1.82, 2.24) is 5.32 Å². The Bertz CT molecular complexity index is 346. The van der Waals surface area contributed by atoms with Crippen LogP contribution in [0.2, 0.25) is 0 Å². The molecule has 0 spiro atoms. The third-order valence-corrected chi connectivity index (χ3v) is 2.96. The van der Waals surface area contributed by atoms with Crippen LogP contribution in [0.15, 0.2) is 24.3 Å². The van der Waals surface area contributed by atoms with Crippen LogP contribution in [0.25, 0.3) is 0 Å². The largest absolute Gasteiger partial charge is 0.389 e. The molecule has 0 aliphatic rings. The van der Waals surface area contributed by atoms with Gasteiger partial charge in [0.15, 0.2) is 0 Å². The zero-order valence-corrected chi connectivity index (χ0v) is 11.7. The van der Waals surface area contributed by atoms with Crippen molar-refractivity contribution in [1.29, 1.82) is 0 Å². The summed E-state index contributed by atoms with van der Waals surface area (Å²) in [5.41, 5.74) is 2.01. The van der Waals surface area contributed by atoms with E-state index in [1.807, 2.05) is 14.0 Å². The van der Waals surface area contributed by atoms with E-state index in [0.29, 0.717) is 13.0 Å². The Hall–Kier alpha value is -0.860. The molecule has 17 heavy (non-hydrogen) atoms. The highest BCUT2D eigenvalue weighted by Crippen LogP contribution is 2.23. The van der Waals surface area contributed by atoms with Crippen molar-refractivity contribution in [2.45, 2.75) is 45.1 Å². The maximum atomic E-state index is 10.1. The standard InChI is InChI=1S/C15H25NO/c1-14(2,3)13-8-6-12(7-9-13)10-15(4,17)11-16-5/h6-9,16-17H,10-11H2,1-5H3. The Morgan fingerprint density at radius 1 is 1.06 bits per heavy atom. The number of aliphatic hydroxyl groups is 1. The van der Waals surface area contributed by atoms with E-state index in [2.05, 4.69) is 50.4 Å². The van der Waals surface area contributed by atoms with Crippen LogP contribution in [0.1, 0.15) is 38.8 Å². The lowest BCUT2D eigenvalue weighted by Crippen LogP contribution is -2.38. The van der Waals surface area contributed by atoms with E-state index in [-0.39, 0.29) is 5.41 Å². The van der Waals surface area contributed by atoms with Crippen LogP contribution in [0, 0.1) is 0 Å². The highest BCUT2D eigenvalue weighted by Gasteiger charge is 2.20. The van der Waals surface area contributed by atoms with E-state index in [4.69, 9.17) is 0 Å². The van der Waals surface area contributed by atoms with Gasteiger partial charge in [0, 0.05) is 13.0 Å². The molecule has 1 aromatic rings. The smallest absolute Gasteiger partial charge is 0.0783 e. The zero-order valence-electron chi connectivity index (χ0n) is 11.7. The van der Waals surface area contributed by atoms with Gasteiger partial charge in [-0.3, -0.25) is 0 Å². The van der Waals surface area contributed by atoms with Gasteiger partial charge in [-0.15, -0.1) is 0 Å². The van der Waals surface area contributed by atoms with Gasteiger partial charge in [0.1, 0.15) is 0 Å². The fourth-order valence-corrected chi connectivity index (χ4v) is 2.01. The van der Waals surface area contributed by atoms with E-state index in [1.54, 1.807) is 0 Å². The van der Waals surface area contributed by atoms with E-state index in [0.717, 1.165) is 0 Å². The van der Waals surface area contributed by atoms with Gasteiger partial charge in [-0.25, -0.2) is 0 Å². The summed E-state index contributed by atoms with van der Waals surface area (Å²) in [4.78, 5) is 0. The lowest BCUT2D eigenvalue weighted by atomic mass is 9.86. The van der Waals surface area contributed by atoms with Gasteiger partial charge in [-0.1, -0.05) is 45.0 Å². The van der Waals surface area contributed by atoms with Crippen LogP contribution in [0.5, 0.6) is 0 Å². The molecule has 0 fully saturated rings. The predicted octanol–water partition coefficient (Wildman–Crippen LogP) is 2.50. The highest BCUT2D eigenvalue weighted by molar-refractivity contribution is 5.28. The summed E-state index contributed by atoms with van der Waals surface area (Å²) in [6, 6.07) is 8.55. The Labute approximate surface area is 105 Å². The normalized spacial score (nSPS) is 15.6. The number of hydrogen-bond acceptors (Lipinski definition) is 2. The molecule has 0 radical (unpaired) electrons. The Morgan fingerprint density at radius 3 is 2.00 bits per heavy atom. The summed E-state index contributed by atoms with van der Waals surface area (Å²) in [6.45, 7) is 9.09. The molecule has 0 heterocycles. The lowest BCUT2D eigenvalue weighted by Gasteiger charge is -2.24. The minimum atomic E-state index is -0.683. The number of hydrogen-bond donors (Lipinski definition) is 2. The van der Waals surface area contributed by atoms with Crippen LogP contribution < -0.4 is 5.32 Å². The van der Waals surface area contributed by atoms with Gasteiger partial charge >= 0.3 is 0 Å². The Morgan fingerprint density at radius 2 is 1.59 bits per heavy atom. The van der Waals surface area contributed by atoms with Gasteiger partial charge in [-0.2, -0.15) is 0 Å². The summed E-state index contributed by atoms with van der Waals surface area (Å²) < 4.78 is 0. The van der Waals surface area contributed by atoms with Gasteiger partial charge in [0.05, 0.1) is 5.60 Å². The lowest BCUT2D eigenvalue weighted by molar-refractivity contribution is 0.0622. The molecule has 0 amide bonds. The SMILES string of the molecule is CNCC(C)(O)Cc1ccc(C(C)(C)C)cc1. The first-order valence-electron chi connectivity index (χ1n) is 6.21. The molecular weight excluding hydrogens is 210 g/mol. The average Bonchev–Trinajstić information content (AvgIpc) is 2.16. The van der Waals surface area contributed by atoms with Crippen molar-refractivity contribution in [2.24, 2.45) is 0 Å². The highest BCUT2D eigenvalue weighted by atomic mass is 16.3. The zero-order chi connectivity index (χ0) is 13.1. The molecule has 0 aliphatic heterocycles. The molecular formula is C15H25NO. The van der Waals surface area contributed by atoms with Crippen molar-refractivity contribution in [3.63, 3.8) is 0 Å². The molecule has 1 aromatic carbocycles. The summed E-state index contributed by atoms with van der Waals surface area (Å²) in [7, 11) is 1.86. The Kier molecular flexibility index (Phi) is 4.34. The summed E-state index contributed by atoms with van der Waals surface area (Å²) in [5.74, 6) is 0. The monoisotopic (exact) mass is 235 g/mol. The van der Waals surface area contributed by atoms with Crippen molar-refractivity contribution in [3.05, 3.63) is 35.4 Å². The first kappa shape index (κ1) is 14.2. The molecule has 2 N–H and O–H groups in total. The Balaban J connectivity index is 2.75. The number of rotatable bonds is 4. The second kappa shape index (κ2) is 5.19. The average molecular weight is 235 g/mol. The molecule has 0 aliphatic carbocycles. The maximum absolute atomic E-state index is 10.1. The third kappa shape index (κ3) is 4.49. The van der Waals surface area contributed by atoms with Gasteiger partial charge in [-0.05, 0) is 30.5 Å². The number of likely N-dealkylation sites (N-methyl/N-ethyl adjacent to an activating group) is 1. The fourth-order valence-electron chi connectivity index (χ4n) is 2.01. The van der Waals surface area contributed by atoms with Gasteiger partial charge in [0.25, 0.3) is 0 Å². The predicted molar refractivity (Wildman–Crippen MR) is 73.4 cm³/mol. The minimum absolute atomic E-state index is 0.187. The summed E-state index contributed by atoms with van der Waals surface area (Å²) in [5, 5.41) is 13.1. The summed E-state index contributed by atoms with van der Waals surface area (Å²) >= 11 is 0. The number of benzene rings is 1. The van der Waals surface area contributed by atoms with Gasteiger partial charge in [0.2, 0.25) is 0 Å². The molecule has 1 rings (SSSR count). The van der Waals surface area contributed by atoms with Gasteiger partial charge < -0.3 is 10.4 Å². The molecule has 1 atom stereocenters. The van der Waals surface area contributed by atoms with E-state index < -0.39 is 5.60 Å². The van der Waals surface area contributed by atoms with Crippen LogP contribution in [-0.2, 0) is 11.8 Å². The van der Waals surface area contributed by atoms with E-state index in [1.165, 1.54) is 11.1 Å². The molecule has 0 saturated carbocycles. The fraction of sp³-hybridized carbons (Fsp3) is 0.600. The van der Waals surface area contributed by atoms with Crippen LogP contribution in [0.4, 0.5) is 0 Å². The third-order valence-electron chi connectivity index (χ3n) is 2.96. The molecule has 1 unspecified atom stereocenters. The molecule has 96 valence electrons. The van der Waals surface area contributed by atoms with Crippen molar-refractivity contribution < 1.29 is 5.11 Å². The van der Waals surface area contributed by atoms with Crippen LogP contribution in [-0.4, -0.2) is 24.3 Å². The molecule has 0 saturated heterocycles. The minimum Gasteiger partial charge on any atom is -0.389 e. The molecule has 0 bridgehead atoms. The van der Waals surface area contributed by atoms with Crippen LogP contribution >= 0.6 is 0 Å². The molecule has 2 heteroatoms. The topological polar surface area (TPSA) is 32.3 Å². The molecule has 2 nitrogen and oxygen atoms in total. The molecule has 0 aromatic heterocycles. The second-order valence-corrected chi connectivity index (χ2v) is 6.15. The first-order valence-corrected chi connectivity index (χ1v) is 6.21. The van der Waals surface area contributed by atoms with E-state index >= 15 is 0 Å². The second-order valence-electron chi connectivity index (χ2n) is 6.15. The maximum Gasteiger partial charge on any atom is 0.0783 e. The van der Waals surface area contributed by atoms with Crippen molar-refractivity contribution in [2.75, 3.05) is 13.6 Å². The van der Waals surface area contributed by atoms with Crippen molar-refractivity contribution in [3.8, 4) is 0 Å². The van der Waals surface area contributed by atoms with Crippen LogP contribution in [0.3, 0.4) is 0 Å². The number of nitrogens with one attached hydrogen (secondary N) is 1. The van der Waals surface area contributed by atoms with E-state index in [9.17, 15) is 5.11 Å². The van der Waals surface area contributed by atoms with Crippen molar-refractivity contribution >= 4 is 0 Å². The summed E-state index contributed by atoms with van der Waals surface area (Å²) in [6.07, 6.45) is 0.679.